The molecule has 0 spiro atoms. The van der Waals surface area contributed by atoms with E-state index in [9.17, 15) is 0 Å². The summed E-state index contributed by atoms with van der Waals surface area (Å²) >= 11 is 0. The Kier molecular flexibility index (Phi) is 4.27. The Balaban J connectivity index is 2.31. The summed E-state index contributed by atoms with van der Waals surface area (Å²) in [4.78, 5) is 0. The minimum atomic E-state index is 0.591. The van der Waals surface area contributed by atoms with E-state index in [2.05, 4.69) is 36.4 Å². The maximum atomic E-state index is 5.75. The van der Waals surface area contributed by atoms with Crippen molar-refractivity contribution in [2.75, 3.05) is 0 Å². The molecular formula is C14H17N2P. The van der Waals surface area contributed by atoms with Crippen LogP contribution in [0.5, 0.6) is 0 Å². The summed E-state index contributed by atoms with van der Waals surface area (Å²) < 4.78 is 0. The fourth-order valence-corrected chi connectivity index (χ4v) is 3.13. The van der Waals surface area contributed by atoms with Crippen molar-refractivity contribution in [2.24, 2.45) is 11.5 Å². The monoisotopic (exact) mass is 244 g/mol. The summed E-state index contributed by atoms with van der Waals surface area (Å²) in [5.74, 6) is 0. The molecule has 0 bridgehead atoms. The molecule has 0 saturated carbocycles. The van der Waals surface area contributed by atoms with Crippen LogP contribution in [-0.2, 0) is 13.1 Å². The van der Waals surface area contributed by atoms with E-state index in [1.807, 2.05) is 12.1 Å². The van der Waals surface area contributed by atoms with Crippen LogP contribution in [0.2, 0.25) is 0 Å². The lowest BCUT2D eigenvalue weighted by Gasteiger charge is -2.10. The summed E-state index contributed by atoms with van der Waals surface area (Å²) in [6, 6.07) is 16.7. The first-order valence-corrected chi connectivity index (χ1v) is 6.68. The summed E-state index contributed by atoms with van der Waals surface area (Å²) in [7, 11) is 0.628. The van der Waals surface area contributed by atoms with Crippen molar-refractivity contribution in [3.05, 3.63) is 59.7 Å². The van der Waals surface area contributed by atoms with Crippen LogP contribution in [0.15, 0.2) is 48.5 Å². The third-order valence-corrected chi connectivity index (χ3v) is 4.26. The highest BCUT2D eigenvalue weighted by Gasteiger charge is 2.04. The molecular weight excluding hydrogens is 227 g/mol. The predicted octanol–water partition coefficient (Wildman–Crippen LogP) is 1.23. The zero-order valence-corrected chi connectivity index (χ0v) is 10.7. The van der Waals surface area contributed by atoms with Crippen molar-refractivity contribution in [1.82, 2.24) is 0 Å². The van der Waals surface area contributed by atoms with Crippen LogP contribution in [0.25, 0.3) is 0 Å². The molecule has 88 valence electrons. The Morgan fingerprint density at radius 1 is 0.706 bits per heavy atom. The number of nitrogens with two attached hydrogens (primary N) is 2. The van der Waals surface area contributed by atoms with Crippen molar-refractivity contribution in [2.45, 2.75) is 13.1 Å². The smallest absolute Gasteiger partial charge is 0.0184 e. The van der Waals surface area contributed by atoms with Crippen molar-refractivity contribution >= 4 is 19.2 Å². The van der Waals surface area contributed by atoms with Gasteiger partial charge in [0.2, 0.25) is 0 Å². The topological polar surface area (TPSA) is 52.0 Å². The molecule has 2 aromatic carbocycles. The van der Waals surface area contributed by atoms with Crippen LogP contribution in [-0.4, -0.2) is 0 Å². The van der Waals surface area contributed by atoms with Crippen molar-refractivity contribution < 1.29 is 0 Å². The lowest BCUT2D eigenvalue weighted by atomic mass is 10.2. The quantitative estimate of drug-likeness (QED) is 0.795. The first-order valence-electron chi connectivity index (χ1n) is 5.68. The number of hydrogen-bond acceptors (Lipinski definition) is 2. The average Bonchev–Trinajstić information content (AvgIpc) is 2.40. The first kappa shape index (κ1) is 12.3. The van der Waals surface area contributed by atoms with Gasteiger partial charge in [-0.1, -0.05) is 57.1 Å². The maximum absolute atomic E-state index is 5.75. The van der Waals surface area contributed by atoms with Gasteiger partial charge in [-0.2, -0.15) is 0 Å². The van der Waals surface area contributed by atoms with Crippen molar-refractivity contribution in [3.63, 3.8) is 0 Å². The molecule has 0 atom stereocenters. The molecule has 2 rings (SSSR count). The summed E-state index contributed by atoms with van der Waals surface area (Å²) in [5, 5.41) is 2.63. The molecule has 4 N–H and O–H groups in total. The van der Waals surface area contributed by atoms with Crippen LogP contribution >= 0.6 is 8.58 Å². The number of rotatable bonds is 4. The fraction of sp³-hybridized carbons (Fsp3) is 0.143. The van der Waals surface area contributed by atoms with Crippen LogP contribution < -0.4 is 22.1 Å². The van der Waals surface area contributed by atoms with Gasteiger partial charge in [0, 0.05) is 13.1 Å². The van der Waals surface area contributed by atoms with Crippen LogP contribution in [0.3, 0.4) is 0 Å². The fourth-order valence-electron chi connectivity index (χ4n) is 1.79. The standard InChI is InChI=1S/C14H17N2P/c15-9-11-5-1-3-7-13(11)17-14-8-4-2-6-12(14)10-16/h1-8,17H,9-10,15-16H2. The molecule has 3 heteroatoms. The van der Waals surface area contributed by atoms with Gasteiger partial charge in [-0.3, -0.25) is 0 Å². The van der Waals surface area contributed by atoms with E-state index in [0.717, 1.165) is 0 Å². The normalized spacial score (nSPS) is 10.5. The molecule has 2 aromatic rings. The lowest BCUT2D eigenvalue weighted by Crippen LogP contribution is -2.16. The van der Waals surface area contributed by atoms with E-state index in [-0.39, 0.29) is 0 Å². The van der Waals surface area contributed by atoms with E-state index in [1.165, 1.54) is 21.7 Å². The van der Waals surface area contributed by atoms with Crippen LogP contribution in [0.1, 0.15) is 11.1 Å². The SMILES string of the molecule is NCc1ccccc1Pc1ccccc1CN. The van der Waals surface area contributed by atoms with Gasteiger partial charge < -0.3 is 11.5 Å². The molecule has 0 fully saturated rings. The third kappa shape index (κ3) is 2.92. The van der Waals surface area contributed by atoms with E-state index >= 15 is 0 Å². The molecule has 0 aliphatic carbocycles. The summed E-state index contributed by atoms with van der Waals surface area (Å²) in [5.41, 5.74) is 13.9. The minimum absolute atomic E-state index is 0.591. The molecule has 0 saturated heterocycles. The Labute approximate surface area is 104 Å². The highest BCUT2D eigenvalue weighted by Crippen LogP contribution is 2.15. The molecule has 0 aliphatic heterocycles. The van der Waals surface area contributed by atoms with Gasteiger partial charge >= 0.3 is 0 Å². The van der Waals surface area contributed by atoms with Gasteiger partial charge in [-0.25, -0.2) is 0 Å². The Morgan fingerprint density at radius 3 is 1.53 bits per heavy atom. The summed E-state index contributed by atoms with van der Waals surface area (Å²) in [6.07, 6.45) is 0. The van der Waals surface area contributed by atoms with Gasteiger partial charge in [-0.15, -0.1) is 0 Å². The second-order valence-corrected chi connectivity index (χ2v) is 5.17. The summed E-state index contributed by atoms with van der Waals surface area (Å²) in [6.45, 7) is 1.18. The van der Waals surface area contributed by atoms with Crippen molar-refractivity contribution in [3.8, 4) is 0 Å². The first-order chi connectivity index (χ1) is 8.35. The van der Waals surface area contributed by atoms with Gasteiger partial charge in [0.1, 0.15) is 0 Å². The highest BCUT2D eigenvalue weighted by molar-refractivity contribution is 7.55. The van der Waals surface area contributed by atoms with E-state index in [4.69, 9.17) is 11.5 Å². The van der Waals surface area contributed by atoms with E-state index in [1.54, 1.807) is 0 Å². The number of hydrogen-bond donors (Lipinski definition) is 2. The Bertz CT molecular complexity index is 452. The second-order valence-electron chi connectivity index (χ2n) is 3.85. The van der Waals surface area contributed by atoms with Gasteiger partial charge in [-0.05, 0) is 21.7 Å². The van der Waals surface area contributed by atoms with E-state index < -0.39 is 0 Å². The number of benzene rings is 2. The second kappa shape index (κ2) is 5.92. The molecule has 0 aromatic heterocycles. The van der Waals surface area contributed by atoms with E-state index in [0.29, 0.717) is 21.7 Å². The lowest BCUT2D eigenvalue weighted by molar-refractivity contribution is 1.08. The largest absolute Gasteiger partial charge is 0.326 e. The molecule has 0 unspecified atom stereocenters. The van der Waals surface area contributed by atoms with Crippen LogP contribution in [0.4, 0.5) is 0 Å². The Morgan fingerprint density at radius 2 is 1.12 bits per heavy atom. The van der Waals surface area contributed by atoms with Crippen molar-refractivity contribution in [1.29, 1.82) is 0 Å². The molecule has 0 aliphatic rings. The maximum Gasteiger partial charge on any atom is 0.0184 e. The van der Waals surface area contributed by atoms with Gasteiger partial charge in [0.05, 0.1) is 0 Å². The predicted molar refractivity (Wildman–Crippen MR) is 76.2 cm³/mol. The molecule has 0 radical (unpaired) electrons. The minimum Gasteiger partial charge on any atom is -0.326 e. The average molecular weight is 244 g/mol. The van der Waals surface area contributed by atoms with Crippen LogP contribution in [0, 0.1) is 0 Å². The molecule has 2 nitrogen and oxygen atoms in total. The van der Waals surface area contributed by atoms with Gasteiger partial charge in [0.15, 0.2) is 0 Å². The zero-order chi connectivity index (χ0) is 12.1. The zero-order valence-electron chi connectivity index (χ0n) is 9.69. The molecule has 0 amide bonds. The van der Waals surface area contributed by atoms with Gasteiger partial charge in [0.25, 0.3) is 0 Å². The highest BCUT2D eigenvalue weighted by atomic mass is 31.1. The third-order valence-electron chi connectivity index (χ3n) is 2.74. The molecule has 17 heavy (non-hydrogen) atoms. The molecule has 0 heterocycles. The Hall–Kier alpha value is -1.21.